The first kappa shape index (κ1) is 16.8. The first-order valence-electron chi connectivity index (χ1n) is 7.45. The van der Waals surface area contributed by atoms with Gasteiger partial charge < -0.3 is 19.5 Å². The molecule has 1 aromatic heterocycles. The van der Waals surface area contributed by atoms with Crippen LogP contribution in [0.5, 0.6) is 5.88 Å². The Hall–Kier alpha value is -2.04. The van der Waals surface area contributed by atoms with E-state index < -0.39 is 15.9 Å². The zero-order valence-corrected chi connectivity index (χ0v) is 13.9. The Morgan fingerprint density at radius 3 is 3.12 bits per heavy atom. The van der Waals surface area contributed by atoms with Crippen molar-refractivity contribution in [3.63, 3.8) is 0 Å². The third-order valence-electron chi connectivity index (χ3n) is 4.06. The number of amides is 2. The van der Waals surface area contributed by atoms with Gasteiger partial charge in [-0.1, -0.05) is 4.21 Å². The minimum atomic E-state index is -3.79. The molecule has 0 saturated carbocycles. The van der Waals surface area contributed by atoms with Crippen LogP contribution in [0.15, 0.2) is 23.2 Å². The minimum absolute atomic E-state index is 0.00935. The number of fused-ring (bicyclic) bond motifs is 1. The Kier molecular flexibility index (Phi) is 4.28. The van der Waals surface area contributed by atoms with Crippen LogP contribution in [0.1, 0.15) is 13.3 Å². The smallest absolute Gasteiger partial charge is 0.272 e. The van der Waals surface area contributed by atoms with E-state index in [0.29, 0.717) is 13.0 Å². The molecule has 1 aromatic rings. The Bertz CT molecular complexity index is 727. The number of sulfonamides is 1. The highest BCUT2D eigenvalue weighted by atomic mass is 32.3. The lowest BCUT2D eigenvalue weighted by Gasteiger charge is -2.28. The summed E-state index contributed by atoms with van der Waals surface area (Å²) in [5.41, 5.74) is -0.897. The van der Waals surface area contributed by atoms with Crippen LogP contribution in [0, 0.1) is 0 Å². The normalized spacial score (nSPS) is 28.8. The molecule has 1 spiro atoms. The number of likely N-dealkylation sites (tertiary alicyclic amines) is 1. The van der Waals surface area contributed by atoms with Gasteiger partial charge in [0.2, 0.25) is 16.7 Å². The number of ether oxygens (including phenoxy) is 1. The van der Waals surface area contributed by atoms with Crippen molar-refractivity contribution >= 4 is 22.2 Å². The van der Waals surface area contributed by atoms with Crippen molar-refractivity contribution in [2.24, 2.45) is 0 Å². The Morgan fingerprint density at radius 2 is 2.38 bits per heavy atom. The number of nitrogens with one attached hydrogen (secondary N) is 2. The second kappa shape index (κ2) is 6.11. The van der Waals surface area contributed by atoms with Gasteiger partial charge in [-0.05, 0) is 12.5 Å². The number of hydrogen-bond acceptors (Lipinski definition) is 6. The number of aromatic nitrogens is 1. The van der Waals surface area contributed by atoms with Gasteiger partial charge in [-0.3, -0.25) is 9.59 Å². The Morgan fingerprint density at radius 1 is 1.58 bits per heavy atom. The monoisotopic (exact) mass is 354 g/mol. The van der Waals surface area contributed by atoms with Crippen LogP contribution in [0.25, 0.3) is 0 Å². The molecule has 1 fully saturated rings. The SMILES string of the molecule is CC(=O)NCC(=O)N1CCC2(COc3ncccc3[S+](=O)([O-])N2)C1. The lowest BCUT2D eigenvalue weighted by Crippen LogP contribution is -2.55. The Labute approximate surface area is 140 Å². The molecule has 0 aliphatic carbocycles. The summed E-state index contributed by atoms with van der Waals surface area (Å²) in [6.07, 6.45) is 1.89. The number of rotatable bonds is 2. The van der Waals surface area contributed by atoms with E-state index in [1.54, 1.807) is 0 Å². The third-order valence-corrected chi connectivity index (χ3v) is 5.65. The average molecular weight is 354 g/mol. The first-order chi connectivity index (χ1) is 11.3. The second-order valence-electron chi connectivity index (χ2n) is 5.96. The third kappa shape index (κ3) is 3.25. The van der Waals surface area contributed by atoms with Crippen molar-refractivity contribution < 1.29 is 23.1 Å². The molecular weight excluding hydrogens is 336 g/mol. The van der Waals surface area contributed by atoms with Crippen molar-refractivity contribution in [2.45, 2.75) is 23.8 Å². The summed E-state index contributed by atoms with van der Waals surface area (Å²) in [7, 11) is -3.79. The Balaban J connectivity index is 1.76. The maximum absolute atomic E-state index is 12.6. The van der Waals surface area contributed by atoms with E-state index in [1.165, 1.54) is 30.2 Å². The molecule has 2 aliphatic heterocycles. The predicted octanol–water partition coefficient (Wildman–Crippen LogP) is -0.925. The van der Waals surface area contributed by atoms with Gasteiger partial charge in [-0.15, -0.1) is 4.72 Å². The number of nitrogens with zero attached hydrogens (tertiary/aromatic N) is 2. The number of hydrogen-bond donors (Lipinski definition) is 2. The van der Waals surface area contributed by atoms with E-state index >= 15 is 0 Å². The molecule has 1 saturated heterocycles. The molecule has 10 heteroatoms. The van der Waals surface area contributed by atoms with Crippen LogP contribution < -0.4 is 14.8 Å². The molecule has 24 heavy (non-hydrogen) atoms. The van der Waals surface area contributed by atoms with Gasteiger partial charge in [0, 0.05) is 32.3 Å². The largest absolute Gasteiger partial charge is 0.593 e. The quantitative estimate of drug-likeness (QED) is 0.662. The molecule has 2 N–H and O–H groups in total. The van der Waals surface area contributed by atoms with Gasteiger partial charge in [-0.2, -0.15) is 0 Å². The van der Waals surface area contributed by atoms with Crippen LogP contribution in [0.3, 0.4) is 0 Å². The fraction of sp³-hybridized carbons (Fsp3) is 0.500. The molecule has 2 unspecified atom stereocenters. The van der Waals surface area contributed by atoms with E-state index in [4.69, 9.17) is 4.74 Å². The maximum Gasteiger partial charge on any atom is 0.272 e. The summed E-state index contributed by atoms with van der Waals surface area (Å²) < 4.78 is 33.4. The van der Waals surface area contributed by atoms with Crippen molar-refractivity contribution in [1.82, 2.24) is 19.9 Å². The van der Waals surface area contributed by atoms with Crippen LogP contribution in [0.2, 0.25) is 0 Å². The van der Waals surface area contributed by atoms with Gasteiger partial charge in [0.15, 0.2) is 10.4 Å². The molecule has 9 nitrogen and oxygen atoms in total. The van der Waals surface area contributed by atoms with E-state index in [9.17, 15) is 18.4 Å². The molecule has 0 bridgehead atoms. The summed E-state index contributed by atoms with van der Waals surface area (Å²) >= 11 is 0. The van der Waals surface area contributed by atoms with Crippen LogP contribution in [-0.4, -0.2) is 58.0 Å². The van der Waals surface area contributed by atoms with Crippen molar-refractivity contribution in [2.75, 3.05) is 26.2 Å². The second-order valence-corrected chi connectivity index (χ2v) is 7.61. The van der Waals surface area contributed by atoms with Crippen LogP contribution in [-0.2, 0) is 24.2 Å². The van der Waals surface area contributed by atoms with Crippen molar-refractivity contribution in [1.29, 1.82) is 0 Å². The fourth-order valence-electron chi connectivity index (χ4n) is 2.86. The lowest BCUT2D eigenvalue weighted by molar-refractivity contribution is -0.131. The lowest BCUT2D eigenvalue weighted by atomic mass is 10.0. The van der Waals surface area contributed by atoms with Crippen LogP contribution >= 0.6 is 0 Å². The highest BCUT2D eigenvalue weighted by Gasteiger charge is 2.49. The summed E-state index contributed by atoms with van der Waals surface area (Å²) in [5.74, 6) is -0.497. The fourth-order valence-corrected chi connectivity index (χ4v) is 4.37. The minimum Gasteiger partial charge on any atom is -0.593 e. The first-order valence-corrected chi connectivity index (χ1v) is 8.94. The molecule has 3 heterocycles. The summed E-state index contributed by atoms with van der Waals surface area (Å²) in [5, 5.41) is 2.45. The van der Waals surface area contributed by atoms with Gasteiger partial charge >= 0.3 is 0 Å². The van der Waals surface area contributed by atoms with Crippen molar-refractivity contribution in [3.8, 4) is 5.88 Å². The molecule has 3 rings (SSSR count). The topological polar surface area (TPSA) is 124 Å². The average Bonchev–Trinajstić information content (AvgIpc) is 2.89. The maximum atomic E-state index is 12.6. The zero-order chi connectivity index (χ0) is 17.4. The van der Waals surface area contributed by atoms with Crippen LogP contribution in [0.4, 0.5) is 0 Å². The van der Waals surface area contributed by atoms with Gasteiger partial charge in [0.05, 0.1) is 6.54 Å². The summed E-state index contributed by atoms with van der Waals surface area (Å²) in [6, 6.07) is 2.95. The number of carbonyl (C=O) groups is 2. The molecule has 130 valence electrons. The van der Waals surface area contributed by atoms with E-state index in [1.807, 2.05) is 0 Å². The van der Waals surface area contributed by atoms with E-state index in [2.05, 4.69) is 15.0 Å². The van der Waals surface area contributed by atoms with Gasteiger partial charge in [0.25, 0.3) is 5.88 Å². The predicted molar refractivity (Wildman–Crippen MR) is 82.6 cm³/mol. The highest BCUT2D eigenvalue weighted by molar-refractivity contribution is 7.96. The van der Waals surface area contributed by atoms with Crippen molar-refractivity contribution in [3.05, 3.63) is 18.3 Å². The molecular formula is C14H18N4O5S. The van der Waals surface area contributed by atoms with E-state index in [0.717, 1.165) is 0 Å². The highest BCUT2D eigenvalue weighted by Crippen LogP contribution is 2.33. The molecule has 2 amide bonds. The zero-order valence-electron chi connectivity index (χ0n) is 13.1. The molecule has 0 radical (unpaired) electrons. The number of carbonyl (C=O) groups excluding carboxylic acids is 2. The molecule has 2 atom stereocenters. The standard InChI is InChI=1S/C14H18N4O5S/c1-10(19)16-7-12(20)18-6-4-14(8-18)9-23-13-11(3-2-5-15-13)24(21,22)17-14/h2-3,5H,4,6-9H2,1H3,(H2-,16,17,19,21,22). The molecule has 2 aliphatic rings. The summed E-state index contributed by atoms with van der Waals surface area (Å²) in [6.45, 7) is 1.86. The number of pyridine rings is 1. The van der Waals surface area contributed by atoms with E-state index in [-0.39, 0.29) is 42.3 Å². The molecule has 0 aromatic carbocycles. The van der Waals surface area contributed by atoms with Gasteiger partial charge in [-0.25, -0.2) is 4.98 Å². The van der Waals surface area contributed by atoms with Gasteiger partial charge in [0.1, 0.15) is 12.1 Å². The summed E-state index contributed by atoms with van der Waals surface area (Å²) in [4.78, 5) is 28.5.